The Morgan fingerprint density at radius 3 is 2.85 bits per heavy atom. The highest BCUT2D eigenvalue weighted by atomic mass is 35.5. The first kappa shape index (κ1) is 10.5. The summed E-state index contributed by atoms with van der Waals surface area (Å²) >= 11 is 5.86. The molecule has 1 aromatic rings. The van der Waals surface area contributed by atoms with E-state index in [-0.39, 0.29) is 6.61 Å². The molecule has 1 aromatic heterocycles. The van der Waals surface area contributed by atoms with Gasteiger partial charge in [0.1, 0.15) is 0 Å². The van der Waals surface area contributed by atoms with Gasteiger partial charge in [-0.2, -0.15) is 0 Å². The van der Waals surface area contributed by atoms with Gasteiger partial charge in [0, 0.05) is 6.54 Å². The number of aryl methyl sites for hydroxylation is 1. The van der Waals surface area contributed by atoms with Gasteiger partial charge >= 0.3 is 0 Å². The van der Waals surface area contributed by atoms with Gasteiger partial charge in [-0.25, -0.2) is 4.98 Å². The van der Waals surface area contributed by atoms with Crippen molar-refractivity contribution < 1.29 is 5.11 Å². The Labute approximate surface area is 82.3 Å². The molecule has 0 amide bonds. The summed E-state index contributed by atoms with van der Waals surface area (Å²) < 4.78 is 1.83. The minimum absolute atomic E-state index is 0.154. The molecule has 1 rings (SSSR count). The number of rotatable bonds is 3. The molecular weight excluding hydrogens is 190 g/mol. The summed E-state index contributed by atoms with van der Waals surface area (Å²) in [7, 11) is 0. The highest BCUT2D eigenvalue weighted by Gasteiger charge is 2.27. The molecule has 0 aliphatic carbocycles. The Morgan fingerprint density at radius 2 is 2.38 bits per heavy atom. The molecule has 1 atom stereocenters. The van der Waals surface area contributed by atoms with E-state index in [4.69, 9.17) is 22.4 Å². The van der Waals surface area contributed by atoms with Crippen molar-refractivity contribution in [2.24, 2.45) is 5.73 Å². The molecule has 1 heterocycles. The molecule has 1 unspecified atom stereocenters. The van der Waals surface area contributed by atoms with Gasteiger partial charge < -0.3 is 15.4 Å². The van der Waals surface area contributed by atoms with E-state index in [1.807, 2.05) is 11.5 Å². The molecule has 0 radical (unpaired) electrons. The maximum Gasteiger partial charge on any atom is 0.152 e. The maximum atomic E-state index is 9.09. The largest absolute Gasteiger partial charge is 0.394 e. The van der Waals surface area contributed by atoms with Gasteiger partial charge in [-0.15, -0.1) is 0 Å². The summed E-state index contributed by atoms with van der Waals surface area (Å²) in [4.78, 5) is 3.94. The molecule has 0 aliphatic heterocycles. The van der Waals surface area contributed by atoms with Crippen molar-refractivity contribution in [1.82, 2.24) is 9.55 Å². The summed E-state index contributed by atoms with van der Waals surface area (Å²) in [6, 6.07) is 0. The fourth-order valence-corrected chi connectivity index (χ4v) is 1.60. The van der Waals surface area contributed by atoms with E-state index in [9.17, 15) is 0 Å². The highest BCUT2D eigenvalue weighted by Crippen LogP contribution is 2.24. The van der Waals surface area contributed by atoms with Crippen molar-refractivity contribution in [3.05, 3.63) is 17.2 Å². The van der Waals surface area contributed by atoms with Crippen LogP contribution in [0.5, 0.6) is 0 Å². The smallest absolute Gasteiger partial charge is 0.152 e. The SMILES string of the molecule is CCn1cnc(Cl)c1C(C)(N)CO. The zero-order valence-electron chi connectivity index (χ0n) is 7.79. The Bertz CT molecular complexity index is 296. The van der Waals surface area contributed by atoms with Crippen molar-refractivity contribution >= 4 is 11.6 Å². The first-order valence-corrected chi connectivity index (χ1v) is 4.51. The highest BCUT2D eigenvalue weighted by molar-refractivity contribution is 6.30. The number of nitrogens with zero attached hydrogens (tertiary/aromatic N) is 2. The first-order chi connectivity index (χ1) is 6.03. The van der Waals surface area contributed by atoms with Crippen LogP contribution in [0.4, 0.5) is 0 Å². The fourth-order valence-electron chi connectivity index (χ4n) is 1.24. The summed E-state index contributed by atoms with van der Waals surface area (Å²) in [5.41, 5.74) is 5.71. The van der Waals surface area contributed by atoms with E-state index in [1.54, 1.807) is 13.3 Å². The molecule has 0 aromatic carbocycles. The number of aromatic nitrogens is 2. The Morgan fingerprint density at radius 1 is 1.77 bits per heavy atom. The van der Waals surface area contributed by atoms with Crippen molar-refractivity contribution in [1.29, 1.82) is 0 Å². The molecule has 0 saturated heterocycles. The van der Waals surface area contributed by atoms with Gasteiger partial charge in [-0.1, -0.05) is 11.6 Å². The number of aliphatic hydroxyl groups is 1. The van der Waals surface area contributed by atoms with E-state index in [0.29, 0.717) is 10.8 Å². The number of hydrogen-bond acceptors (Lipinski definition) is 3. The normalized spacial score (nSPS) is 15.8. The van der Waals surface area contributed by atoms with E-state index in [0.717, 1.165) is 6.54 Å². The molecular formula is C8H14ClN3O. The van der Waals surface area contributed by atoms with Crippen LogP contribution in [0.15, 0.2) is 6.33 Å². The zero-order valence-corrected chi connectivity index (χ0v) is 8.54. The summed E-state index contributed by atoms with van der Waals surface area (Å²) in [6.45, 7) is 4.28. The number of halogens is 1. The monoisotopic (exact) mass is 203 g/mol. The molecule has 0 bridgehead atoms. The minimum Gasteiger partial charge on any atom is -0.394 e. The predicted octanol–water partition coefficient (Wildman–Crippen LogP) is 0.723. The van der Waals surface area contributed by atoms with Crippen LogP contribution in [0.3, 0.4) is 0 Å². The lowest BCUT2D eigenvalue weighted by Gasteiger charge is -2.23. The summed E-state index contributed by atoms with van der Waals surface area (Å²) in [6.07, 6.45) is 1.62. The molecule has 0 spiro atoms. The molecule has 5 heteroatoms. The van der Waals surface area contributed by atoms with Crippen LogP contribution in [0.1, 0.15) is 19.5 Å². The van der Waals surface area contributed by atoms with E-state index in [1.165, 1.54) is 0 Å². The van der Waals surface area contributed by atoms with E-state index < -0.39 is 5.54 Å². The third-order valence-corrected chi connectivity index (χ3v) is 2.28. The molecule has 0 fully saturated rings. The molecule has 0 saturated carbocycles. The van der Waals surface area contributed by atoms with Crippen molar-refractivity contribution in [2.45, 2.75) is 25.9 Å². The lowest BCUT2D eigenvalue weighted by atomic mass is 10.0. The Hall–Kier alpha value is -0.580. The van der Waals surface area contributed by atoms with Crippen LogP contribution in [0.2, 0.25) is 5.15 Å². The molecule has 3 N–H and O–H groups in total. The van der Waals surface area contributed by atoms with Crippen molar-refractivity contribution in [2.75, 3.05) is 6.61 Å². The topological polar surface area (TPSA) is 64.1 Å². The third kappa shape index (κ3) is 1.85. The lowest BCUT2D eigenvalue weighted by Crippen LogP contribution is -2.39. The Balaban J connectivity index is 3.18. The lowest BCUT2D eigenvalue weighted by molar-refractivity contribution is 0.203. The second-order valence-electron chi connectivity index (χ2n) is 3.25. The first-order valence-electron chi connectivity index (χ1n) is 4.13. The molecule has 13 heavy (non-hydrogen) atoms. The molecule has 74 valence electrons. The van der Waals surface area contributed by atoms with Crippen molar-refractivity contribution in [3.63, 3.8) is 0 Å². The summed E-state index contributed by atoms with van der Waals surface area (Å²) in [5, 5.41) is 9.45. The zero-order chi connectivity index (χ0) is 10.1. The van der Waals surface area contributed by atoms with Gasteiger partial charge in [0.25, 0.3) is 0 Å². The van der Waals surface area contributed by atoms with Gasteiger partial charge in [-0.05, 0) is 13.8 Å². The van der Waals surface area contributed by atoms with Gasteiger partial charge in [0.2, 0.25) is 0 Å². The standard InChI is InChI=1S/C8H14ClN3O/c1-3-12-5-11-7(9)6(12)8(2,10)4-13/h5,13H,3-4,10H2,1-2H3. The van der Waals surface area contributed by atoms with Crippen LogP contribution in [0.25, 0.3) is 0 Å². The second-order valence-corrected chi connectivity index (χ2v) is 3.60. The van der Waals surface area contributed by atoms with Crippen LogP contribution in [-0.4, -0.2) is 21.3 Å². The van der Waals surface area contributed by atoms with E-state index >= 15 is 0 Å². The van der Waals surface area contributed by atoms with Gasteiger partial charge in [0.15, 0.2) is 5.15 Å². The quantitative estimate of drug-likeness (QED) is 0.761. The van der Waals surface area contributed by atoms with Crippen LogP contribution in [0, 0.1) is 0 Å². The average molecular weight is 204 g/mol. The van der Waals surface area contributed by atoms with Crippen molar-refractivity contribution in [3.8, 4) is 0 Å². The fraction of sp³-hybridized carbons (Fsp3) is 0.625. The Kier molecular flexibility index (Phi) is 2.95. The molecule has 0 aliphatic rings. The third-order valence-electron chi connectivity index (χ3n) is 2.00. The summed E-state index contributed by atoms with van der Waals surface area (Å²) in [5.74, 6) is 0. The number of aliphatic hydroxyl groups excluding tert-OH is 1. The average Bonchev–Trinajstić information content (AvgIpc) is 2.47. The van der Waals surface area contributed by atoms with Gasteiger partial charge in [-0.3, -0.25) is 0 Å². The molecule has 4 nitrogen and oxygen atoms in total. The number of nitrogens with two attached hydrogens (primary N) is 1. The number of hydrogen-bond donors (Lipinski definition) is 2. The van der Waals surface area contributed by atoms with Gasteiger partial charge in [0.05, 0.1) is 24.2 Å². The predicted molar refractivity (Wildman–Crippen MR) is 51.5 cm³/mol. The van der Waals surface area contributed by atoms with E-state index in [2.05, 4.69) is 4.98 Å². The van der Waals surface area contributed by atoms with Crippen LogP contribution < -0.4 is 5.73 Å². The second kappa shape index (κ2) is 3.65. The number of imidazole rings is 1. The maximum absolute atomic E-state index is 9.09. The van der Waals surface area contributed by atoms with Crippen LogP contribution >= 0.6 is 11.6 Å². The van der Waals surface area contributed by atoms with Crippen LogP contribution in [-0.2, 0) is 12.1 Å². The minimum atomic E-state index is -0.830.